The van der Waals surface area contributed by atoms with Crippen LogP contribution in [0.5, 0.6) is 5.75 Å². The Morgan fingerprint density at radius 1 is 1.29 bits per heavy atom. The molecule has 2 rings (SSSR count). The molecule has 0 bridgehead atoms. The second-order valence-corrected chi connectivity index (χ2v) is 7.66. The fourth-order valence-corrected chi connectivity index (χ4v) is 2.93. The number of amides is 1. The molecule has 0 spiro atoms. The van der Waals surface area contributed by atoms with Crippen LogP contribution in [0.3, 0.4) is 0 Å². The van der Waals surface area contributed by atoms with E-state index in [9.17, 15) is 9.18 Å². The summed E-state index contributed by atoms with van der Waals surface area (Å²) in [5.74, 6) is 0.941. The summed E-state index contributed by atoms with van der Waals surface area (Å²) in [6.07, 6.45) is 1.15. The number of carbonyl (C=O) groups excluding carboxylic acids is 1. The van der Waals surface area contributed by atoms with Gasteiger partial charge in [-0.05, 0) is 52.0 Å². The number of ether oxygens (including phenoxy) is 2. The smallest absolute Gasteiger partial charge is 0.412 e. The van der Waals surface area contributed by atoms with Gasteiger partial charge < -0.3 is 15.2 Å². The molecule has 3 N–H and O–H groups in total. The van der Waals surface area contributed by atoms with Gasteiger partial charge in [0.05, 0.1) is 24.0 Å². The number of rotatable bonds is 7. The fourth-order valence-electron chi connectivity index (χ4n) is 2.93. The molecule has 2 aromatic heterocycles. The second-order valence-electron chi connectivity index (χ2n) is 7.66. The van der Waals surface area contributed by atoms with Gasteiger partial charge in [-0.2, -0.15) is 0 Å². The minimum Gasteiger partial charge on any atom is -0.490 e. The van der Waals surface area contributed by atoms with Crippen LogP contribution < -0.4 is 15.8 Å². The van der Waals surface area contributed by atoms with Gasteiger partial charge in [0, 0.05) is 18.2 Å². The lowest BCUT2D eigenvalue weighted by Gasteiger charge is -2.29. The Bertz CT molecular complexity index is 834. The molecule has 0 radical (unpaired) electrons. The first-order valence-electron chi connectivity index (χ1n) is 8.89. The third-order valence-corrected chi connectivity index (χ3v) is 3.89. The lowest BCUT2D eigenvalue weighted by atomic mass is 9.91. The molecule has 0 aromatic carbocycles. The molecule has 1 amide bonds. The standard InChI is InChI=1S/C20H27FN4O3/c1-13-16(28-12-20(4,22)11-19(2,3)21)7-6-15(24-13)14-8-9-23-17(10-14)25-18(26)27-5/h6-10H,11-12,22H2,1-5H3,(H,23,25,26). The normalized spacial score (nSPS) is 13.5. The molecule has 8 heteroatoms. The summed E-state index contributed by atoms with van der Waals surface area (Å²) in [4.78, 5) is 19.9. The van der Waals surface area contributed by atoms with Crippen molar-refractivity contribution >= 4 is 11.9 Å². The zero-order valence-corrected chi connectivity index (χ0v) is 16.9. The van der Waals surface area contributed by atoms with E-state index >= 15 is 0 Å². The highest BCUT2D eigenvalue weighted by atomic mass is 19.1. The number of aryl methyl sites for hydroxylation is 1. The van der Waals surface area contributed by atoms with Crippen LogP contribution in [0.15, 0.2) is 30.5 Å². The van der Waals surface area contributed by atoms with Crippen LogP contribution >= 0.6 is 0 Å². The number of hydrogen-bond donors (Lipinski definition) is 2. The minimum atomic E-state index is -1.37. The molecular formula is C20H27FN4O3. The van der Waals surface area contributed by atoms with E-state index in [0.717, 1.165) is 5.56 Å². The fraction of sp³-hybridized carbons (Fsp3) is 0.450. The third-order valence-electron chi connectivity index (χ3n) is 3.89. The number of methoxy groups -OCH3 is 1. The molecule has 1 atom stereocenters. The molecular weight excluding hydrogens is 363 g/mol. The zero-order chi connectivity index (χ0) is 20.9. The Morgan fingerprint density at radius 3 is 2.61 bits per heavy atom. The van der Waals surface area contributed by atoms with E-state index < -0.39 is 17.3 Å². The first kappa shape index (κ1) is 21.6. The molecule has 0 aliphatic heterocycles. The molecule has 0 saturated carbocycles. The summed E-state index contributed by atoms with van der Waals surface area (Å²) in [6, 6.07) is 7.07. The topological polar surface area (TPSA) is 99.4 Å². The van der Waals surface area contributed by atoms with Crippen molar-refractivity contribution in [2.24, 2.45) is 5.73 Å². The van der Waals surface area contributed by atoms with Crippen LogP contribution in [-0.4, -0.2) is 41.0 Å². The summed E-state index contributed by atoms with van der Waals surface area (Å²) in [5, 5.41) is 2.51. The average Bonchev–Trinajstić information content (AvgIpc) is 2.58. The van der Waals surface area contributed by atoms with Gasteiger partial charge in [0.1, 0.15) is 23.8 Å². The van der Waals surface area contributed by atoms with Crippen LogP contribution in [0.25, 0.3) is 11.3 Å². The monoisotopic (exact) mass is 390 g/mol. The van der Waals surface area contributed by atoms with Crippen molar-refractivity contribution in [3.63, 3.8) is 0 Å². The van der Waals surface area contributed by atoms with E-state index in [1.54, 1.807) is 37.4 Å². The molecule has 0 fully saturated rings. The van der Waals surface area contributed by atoms with E-state index in [-0.39, 0.29) is 13.0 Å². The minimum absolute atomic E-state index is 0.171. The Balaban J connectivity index is 2.12. The maximum absolute atomic E-state index is 13.9. The van der Waals surface area contributed by atoms with Gasteiger partial charge in [0.15, 0.2) is 0 Å². The summed E-state index contributed by atoms with van der Waals surface area (Å²) < 4.78 is 24.2. The zero-order valence-electron chi connectivity index (χ0n) is 16.9. The molecule has 2 aromatic rings. The van der Waals surface area contributed by atoms with Crippen LogP contribution in [0.4, 0.5) is 15.0 Å². The summed E-state index contributed by atoms with van der Waals surface area (Å²) >= 11 is 0. The number of pyridine rings is 2. The summed E-state index contributed by atoms with van der Waals surface area (Å²) in [7, 11) is 1.28. The van der Waals surface area contributed by atoms with E-state index in [1.807, 2.05) is 6.92 Å². The van der Waals surface area contributed by atoms with Gasteiger partial charge in [-0.25, -0.2) is 19.2 Å². The summed E-state index contributed by atoms with van der Waals surface area (Å²) in [6.45, 7) is 6.75. The van der Waals surface area contributed by atoms with Crippen molar-refractivity contribution in [3.05, 3.63) is 36.2 Å². The largest absolute Gasteiger partial charge is 0.490 e. The number of alkyl halides is 1. The van der Waals surface area contributed by atoms with Gasteiger partial charge in [-0.3, -0.25) is 5.32 Å². The first-order valence-corrected chi connectivity index (χ1v) is 8.89. The van der Waals surface area contributed by atoms with Gasteiger partial charge in [-0.1, -0.05) is 0 Å². The quantitative estimate of drug-likeness (QED) is 0.745. The number of nitrogens with zero attached hydrogens (tertiary/aromatic N) is 2. The molecule has 152 valence electrons. The van der Waals surface area contributed by atoms with Crippen molar-refractivity contribution in [1.82, 2.24) is 9.97 Å². The van der Waals surface area contributed by atoms with Crippen LogP contribution in [0, 0.1) is 6.92 Å². The molecule has 1 unspecified atom stereocenters. The highest BCUT2D eigenvalue weighted by molar-refractivity contribution is 5.84. The SMILES string of the molecule is COC(=O)Nc1cc(-c2ccc(OCC(C)(N)CC(C)(C)F)c(C)n2)ccn1. The van der Waals surface area contributed by atoms with Gasteiger partial charge >= 0.3 is 6.09 Å². The average molecular weight is 390 g/mol. The Labute approximate surface area is 164 Å². The van der Waals surface area contributed by atoms with E-state index in [1.165, 1.54) is 21.0 Å². The highest BCUT2D eigenvalue weighted by Crippen LogP contribution is 2.26. The predicted molar refractivity (Wildman–Crippen MR) is 106 cm³/mol. The van der Waals surface area contributed by atoms with Crippen LogP contribution in [-0.2, 0) is 4.74 Å². The van der Waals surface area contributed by atoms with Crippen LogP contribution in [0.2, 0.25) is 0 Å². The molecule has 2 heterocycles. The van der Waals surface area contributed by atoms with E-state index in [0.29, 0.717) is 23.0 Å². The molecule has 7 nitrogen and oxygen atoms in total. The van der Waals surface area contributed by atoms with Gasteiger partial charge in [-0.15, -0.1) is 0 Å². The van der Waals surface area contributed by atoms with Crippen molar-refractivity contribution in [2.75, 3.05) is 19.0 Å². The van der Waals surface area contributed by atoms with E-state index in [2.05, 4.69) is 20.0 Å². The molecule has 0 aliphatic carbocycles. The first-order chi connectivity index (χ1) is 13.0. The molecule has 28 heavy (non-hydrogen) atoms. The maximum atomic E-state index is 13.9. The second kappa shape index (κ2) is 8.52. The van der Waals surface area contributed by atoms with Crippen molar-refractivity contribution in [2.45, 2.75) is 45.3 Å². The number of nitrogens with two attached hydrogens (primary N) is 1. The number of carbonyl (C=O) groups is 1. The van der Waals surface area contributed by atoms with E-state index in [4.69, 9.17) is 10.5 Å². The van der Waals surface area contributed by atoms with Gasteiger partial charge in [0.25, 0.3) is 0 Å². The van der Waals surface area contributed by atoms with Crippen LogP contribution in [0.1, 0.15) is 32.9 Å². The number of hydrogen-bond acceptors (Lipinski definition) is 6. The number of halogens is 1. The maximum Gasteiger partial charge on any atom is 0.412 e. The highest BCUT2D eigenvalue weighted by Gasteiger charge is 2.30. The number of nitrogens with one attached hydrogen (secondary N) is 1. The Kier molecular flexibility index (Phi) is 6.56. The van der Waals surface area contributed by atoms with Crippen molar-refractivity contribution < 1.29 is 18.7 Å². The number of anilines is 1. The lowest BCUT2D eigenvalue weighted by molar-refractivity contribution is 0.124. The van der Waals surface area contributed by atoms with Crippen molar-refractivity contribution in [1.29, 1.82) is 0 Å². The Morgan fingerprint density at radius 2 is 2.00 bits per heavy atom. The third kappa shape index (κ3) is 6.45. The van der Waals surface area contributed by atoms with Gasteiger partial charge in [0.2, 0.25) is 0 Å². The summed E-state index contributed by atoms with van der Waals surface area (Å²) in [5.41, 5.74) is 6.12. The number of aromatic nitrogens is 2. The lowest BCUT2D eigenvalue weighted by Crippen LogP contribution is -2.46. The molecule has 0 aliphatic rings. The Hall–Kier alpha value is -2.74. The molecule has 0 saturated heterocycles. The van der Waals surface area contributed by atoms with Crippen molar-refractivity contribution in [3.8, 4) is 17.0 Å². The predicted octanol–water partition coefficient (Wildman–Crippen LogP) is 3.86.